The van der Waals surface area contributed by atoms with Gasteiger partial charge < -0.3 is 23.4 Å². The van der Waals surface area contributed by atoms with Crippen molar-refractivity contribution in [2.45, 2.75) is 0 Å². The molecule has 9 nitrogen and oxygen atoms in total. The van der Waals surface area contributed by atoms with Crippen LogP contribution in [0.2, 0.25) is 0 Å². The predicted molar refractivity (Wildman–Crippen MR) is 196 cm³/mol. The summed E-state index contributed by atoms with van der Waals surface area (Å²) in [5.74, 6) is 0.464. The number of para-hydroxylation sites is 4. The second-order valence-corrected chi connectivity index (χ2v) is 11.7. The van der Waals surface area contributed by atoms with Gasteiger partial charge in [-0.2, -0.15) is 41.6 Å². The molecule has 255 valence electrons. The minimum absolute atomic E-state index is 0. The zero-order chi connectivity index (χ0) is 34.6. The summed E-state index contributed by atoms with van der Waals surface area (Å²) in [7, 11) is 4.04. The van der Waals surface area contributed by atoms with Crippen LogP contribution < -0.4 is 14.2 Å². The Labute approximate surface area is 313 Å². The molecular weight excluding hydrogens is 823 g/mol. The fourth-order valence-corrected chi connectivity index (χ4v) is 6.13. The van der Waals surface area contributed by atoms with Crippen LogP contribution in [0.25, 0.3) is 66.5 Å². The summed E-state index contributed by atoms with van der Waals surface area (Å²) >= 11 is 0. The Morgan fingerprint density at radius 3 is 1.58 bits per heavy atom. The monoisotopic (exact) mass is 853 g/mol. The van der Waals surface area contributed by atoms with Gasteiger partial charge in [0, 0.05) is 26.3 Å². The van der Waals surface area contributed by atoms with Crippen LogP contribution in [0.3, 0.4) is 0 Å². The number of imidazole rings is 2. The van der Waals surface area contributed by atoms with Crippen molar-refractivity contribution in [2.75, 3.05) is 0 Å². The summed E-state index contributed by atoms with van der Waals surface area (Å²) in [6.07, 6.45) is 8.40. The number of aromatic nitrogens is 9. The fraction of sp³-hybridized carbons (Fsp3) is 0.0476. The quantitative estimate of drug-likeness (QED) is 0.154. The first kappa shape index (κ1) is 34.1. The van der Waals surface area contributed by atoms with E-state index in [0.29, 0.717) is 11.5 Å². The number of tetrazole rings is 1. The SMILES string of the molecule is C[n+]1[c-]n(-c2[c-]ccc3ccccc23)c2ccccc21.C[n+]1[c-]n(-c2[c-]ccc3ccccc23)c2ccccc21.[Ir].c1ccc(-c2nnn[n-]2)nc1. The maximum absolute atomic E-state index is 4.02. The maximum Gasteiger partial charge on any atom is 0.242 e. The summed E-state index contributed by atoms with van der Waals surface area (Å²) in [4.78, 5) is 4.02. The summed E-state index contributed by atoms with van der Waals surface area (Å²) < 4.78 is 8.20. The van der Waals surface area contributed by atoms with Crippen molar-refractivity contribution in [3.05, 3.63) is 171 Å². The number of hydrogen-bond donors (Lipinski definition) is 0. The Balaban J connectivity index is 0.000000125. The molecule has 0 aliphatic carbocycles. The first-order valence-electron chi connectivity index (χ1n) is 16.3. The first-order valence-corrected chi connectivity index (χ1v) is 16.3. The Morgan fingerprint density at radius 1 is 0.577 bits per heavy atom. The van der Waals surface area contributed by atoms with Gasteiger partial charge in [-0.1, -0.05) is 102 Å². The van der Waals surface area contributed by atoms with E-state index in [2.05, 4.69) is 157 Å². The van der Waals surface area contributed by atoms with Crippen molar-refractivity contribution < 1.29 is 29.2 Å². The van der Waals surface area contributed by atoms with Crippen LogP contribution in [0, 0.1) is 24.8 Å². The normalized spacial score (nSPS) is 10.7. The van der Waals surface area contributed by atoms with Crippen molar-refractivity contribution >= 4 is 43.6 Å². The third-order valence-electron chi connectivity index (χ3n) is 8.53. The third kappa shape index (κ3) is 6.73. The molecule has 10 rings (SSSR count). The molecule has 4 heterocycles. The van der Waals surface area contributed by atoms with Gasteiger partial charge in [0.1, 0.15) is 0 Å². The molecule has 0 saturated carbocycles. The van der Waals surface area contributed by atoms with E-state index in [-0.39, 0.29) is 20.1 Å². The van der Waals surface area contributed by atoms with E-state index in [4.69, 9.17) is 0 Å². The van der Waals surface area contributed by atoms with Crippen molar-refractivity contribution in [3.63, 3.8) is 0 Å². The Bertz CT molecular complexity index is 2570. The van der Waals surface area contributed by atoms with Crippen molar-refractivity contribution in [1.82, 2.24) is 34.7 Å². The number of nitrogens with zero attached hydrogens (tertiary/aromatic N) is 9. The second kappa shape index (κ2) is 15.3. The molecule has 0 amide bonds. The molecule has 0 N–H and O–H groups in total. The van der Waals surface area contributed by atoms with Crippen molar-refractivity contribution in [1.29, 1.82) is 0 Å². The molecule has 52 heavy (non-hydrogen) atoms. The van der Waals surface area contributed by atoms with E-state index in [1.165, 1.54) is 21.5 Å². The van der Waals surface area contributed by atoms with Crippen LogP contribution in [0.1, 0.15) is 0 Å². The van der Waals surface area contributed by atoms with Crippen LogP contribution in [0.15, 0.2) is 146 Å². The molecule has 10 aromatic rings. The number of benzene rings is 6. The minimum atomic E-state index is 0. The van der Waals surface area contributed by atoms with E-state index >= 15 is 0 Å². The zero-order valence-electron chi connectivity index (χ0n) is 28.2. The largest absolute Gasteiger partial charge is 0.341 e. The van der Waals surface area contributed by atoms with E-state index in [1.807, 2.05) is 59.6 Å². The predicted octanol–water partition coefficient (Wildman–Crippen LogP) is 6.31. The van der Waals surface area contributed by atoms with Gasteiger partial charge in [-0.25, -0.2) is 0 Å². The van der Waals surface area contributed by atoms with Crippen molar-refractivity contribution in [3.8, 4) is 22.9 Å². The molecule has 0 spiro atoms. The first-order chi connectivity index (χ1) is 25.2. The molecule has 1 radical (unpaired) electrons. The summed E-state index contributed by atoms with van der Waals surface area (Å²) in [5, 5.41) is 18.8. The molecule has 4 aromatic heterocycles. The molecular formula is C42H30IrN9-3. The number of fused-ring (bicyclic) bond motifs is 4. The van der Waals surface area contributed by atoms with E-state index in [9.17, 15) is 0 Å². The molecule has 0 unspecified atom stereocenters. The van der Waals surface area contributed by atoms with E-state index < -0.39 is 0 Å². The van der Waals surface area contributed by atoms with Crippen LogP contribution in [0.4, 0.5) is 0 Å². The second-order valence-electron chi connectivity index (χ2n) is 11.7. The average Bonchev–Trinajstić information content (AvgIpc) is 3.94. The van der Waals surface area contributed by atoms with Gasteiger partial charge in [0.2, 0.25) is 12.7 Å². The molecule has 0 aliphatic heterocycles. The maximum atomic E-state index is 4.02. The Kier molecular flexibility index (Phi) is 10.0. The van der Waals surface area contributed by atoms with Crippen LogP contribution in [-0.4, -0.2) is 29.6 Å². The van der Waals surface area contributed by atoms with Crippen LogP contribution in [-0.2, 0) is 34.2 Å². The van der Waals surface area contributed by atoms with E-state index in [1.54, 1.807) is 12.3 Å². The molecule has 6 aromatic carbocycles. The van der Waals surface area contributed by atoms with Gasteiger partial charge in [-0.15, -0.1) is 33.7 Å². The summed E-state index contributed by atoms with van der Waals surface area (Å²) in [5.41, 5.74) is 7.38. The number of hydrogen-bond acceptors (Lipinski definition) is 4. The summed E-state index contributed by atoms with van der Waals surface area (Å²) in [6, 6.07) is 53.7. The minimum Gasteiger partial charge on any atom is -0.341 e. The van der Waals surface area contributed by atoms with Crippen LogP contribution >= 0.6 is 0 Å². The number of rotatable bonds is 3. The zero-order valence-corrected chi connectivity index (χ0v) is 30.6. The topological polar surface area (TPSA) is 83.3 Å². The van der Waals surface area contributed by atoms with E-state index in [0.717, 1.165) is 33.4 Å². The van der Waals surface area contributed by atoms with Gasteiger partial charge in [0.15, 0.2) is 0 Å². The molecule has 0 bridgehead atoms. The van der Waals surface area contributed by atoms with Crippen LogP contribution in [0.5, 0.6) is 0 Å². The Morgan fingerprint density at radius 2 is 1.08 bits per heavy atom. The Hall–Kier alpha value is -6.35. The standard InChI is InChI=1S/2C18H13N2.C6H4N5.Ir/c2*1-19-13-20(18-11-5-4-10-17(18)19)16-12-6-8-14-7-2-3-9-15(14)16;1-2-4-7-5(3-1)6-8-10-11-9-6;/h2*2-11H,1H3;1-4H;/q3*-1;. The fourth-order valence-electron chi connectivity index (χ4n) is 6.13. The summed E-state index contributed by atoms with van der Waals surface area (Å²) in [6.45, 7) is 0. The molecule has 0 fully saturated rings. The van der Waals surface area contributed by atoms with Crippen molar-refractivity contribution in [2.24, 2.45) is 14.1 Å². The van der Waals surface area contributed by atoms with Gasteiger partial charge in [0.05, 0.1) is 47.7 Å². The third-order valence-corrected chi connectivity index (χ3v) is 8.53. The van der Waals surface area contributed by atoms with Gasteiger partial charge in [-0.3, -0.25) is 15.3 Å². The van der Waals surface area contributed by atoms with Gasteiger partial charge in [0.25, 0.3) is 0 Å². The van der Waals surface area contributed by atoms with Gasteiger partial charge >= 0.3 is 0 Å². The molecule has 10 heteroatoms. The number of pyridine rings is 1. The molecule has 0 atom stereocenters. The van der Waals surface area contributed by atoms with Gasteiger partial charge in [-0.05, 0) is 12.1 Å². The average molecular weight is 853 g/mol. The molecule has 0 saturated heterocycles. The molecule has 0 aliphatic rings. The number of aryl methyl sites for hydroxylation is 2. The smallest absolute Gasteiger partial charge is 0.242 e.